The average molecular weight is 243 g/mol. The van der Waals surface area contributed by atoms with Crippen LogP contribution in [0.25, 0.3) is 0 Å². The van der Waals surface area contributed by atoms with Crippen molar-refractivity contribution in [2.45, 2.75) is 19.3 Å². The summed E-state index contributed by atoms with van der Waals surface area (Å²) in [6, 6.07) is 5.73. The molecule has 0 heterocycles. The van der Waals surface area contributed by atoms with E-state index >= 15 is 0 Å². The number of carbonyl (C=O) groups is 1. The maximum Gasteiger partial charge on any atom is 0.221 e. The lowest BCUT2D eigenvalue weighted by molar-refractivity contribution is -0.111. The largest absolute Gasteiger partial charge is 0.493 e. The molecule has 4 heteroatoms. The van der Waals surface area contributed by atoms with Crippen LogP contribution in [0.5, 0.6) is 11.5 Å². The average Bonchev–Trinajstić information content (AvgIpc) is 2.28. The van der Waals surface area contributed by atoms with Crippen molar-refractivity contribution in [3.63, 3.8) is 0 Å². The van der Waals surface area contributed by atoms with Crippen LogP contribution in [0, 0.1) is 0 Å². The third kappa shape index (κ3) is 3.74. The summed E-state index contributed by atoms with van der Waals surface area (Å²) < 4.78 is 10.3. The summed E-state index contributed by atoms with van der Waals surface area (Å²) >= 11 is 5.27. The molecule has 3 nitrogen and oxygen atoms in total. The van der Waals surface area contributed by atoms with Crippen LogP contribution in [0.4, 0.5) is 0 Å². The van der Waals surface area contributed by atoms with Gasteiger partial charge in [-0.1, -0.05) is 6.07 Å². The summed E-state index contributed by atoms with van der Waals surface area (Å²) in [5, 5.41) is -0.291. The van der Waals surface area contributed by atoms with E-state index in [9.17, 15) is 4.79 Å². The van der Waals surface area contributed by atoms with Crippen molar-refractivity contribution in [2.75, 3.05) is 14.2 Å². The molecule has 0 aliphatic rings. The Morgan fingerprint density at radius 1 is 1.25 bits per heavy atom. The minimum atomic E-state index is -0.291. The second-order valence-electron chi connectivity index (χ2n) is 3.40. The van der Waals surface area contributed by atoms with Gasteiger partial charge in [-0.3, -0.25) is 4.79 Å². The highest BCUT2D eigenvalue weighted by Crippen LogP contribution is 2.28. The van der Waals surface area contributed by atoms with Gasteiger partial charge in [0.25, 0.3) is 0 Å². The molecule has 16 heavy (non-hydrogen) atoms. The molecule has 0 saturated carbocycles. The second-order valence-corrected chi connectivity index (χ2v) is 3.82. The molecule has 0 unspecified atom stereocenters. The minimum absolute atomic E-state index is 0.291. The molecule has 1 aromatic rings. The molecule has 0 aliphatic carbocycles. The first-order valence-electron chi connectivity index (χ1n) is 5.06. The van der Waals surface area contributed by atoms with E-state index in [4.69, 9.17) is 21.1 Å². The van der Waals surface area contributed by atoms with E-state index in [0.717, 1.165) is 18.4 Å². The number of hydrogen-bond acceptors (Lipinski definition) is 3. The monoisotopic (exact) mass is 242 g/mol. The first kappa shape index (κ1) is 12.8. The highest BCUT2D eigenvalue weighted by atomic mass is 35.5. The van der Waals surface area contributed by atoms with E-state index < -0.39 is 0 Å². The first-order chi connectivity index (χ1) is 7.67. The Morgan fingerprint density at radius 3 is 2.50 bits per heavy atom. The SMILES string of the molecule is COc1ccc(CCCC(=O)Cl)cc1OC. The summed E-state index contributed by atoms with van der Waals surface area (Å²) in [6.45, 7) is 0. The van der Waals surface area contributed by atoms with Gasteiger partial charge >= 0.3 is 0 Å². The van der Waals surface area contributed by atoms with Crippen molar-refractivity contribution in [2.24, 2.45) is 0 Å². The van der Waals surface area contributed by atoms with Gasteiger partial charge in [0.05, 0.1) is 14.2 Å². The number of hydrogen-bond donors (Lipinski definition) is 0. The fourth-order valence-corrected chi connectivity index (χ4v) is 1.60. The van der Waals surface area contributed by atoms with Crippen molar-refractivity contribution in [1.29, 1.82) is 0 Å². The zero-order valence-corrected chi connectivity index (χ0v) is 10.2. The van der Waals surface area contributed by atoms with Gasteiger partial charge in [-0.05, 0) is 42.1 Å². The van der Waals surface area contributed by atoms with Crippen LogP contribution in [0.3, 0.4) is 0 Å². The maximum absolute atomic E-state index is 10.6. The number of ether oxygens (including phenoxy) is 2. The summed E-state index contributed by atoms with van der Waals surface area (Å²) in [4.78, 5) is 10.6. The summed E-state index contributed by atoms with van der Waals surface area (Å²) in [5.41, 5.74) is 1.11. The third-order valence-electron chi connectivity index (χ3n) is 2.29. The Balaban J connectivity index is 2.64. The van der Waals surface area contributed by atoms with Crippen LogP contribution in [-0.2, 0) is 11.2 Å². The van der Waals surface area contributed by atoms with E-state index in [2.05, 4.69) is 0 Å². The predicted octanol–water partition coefficient (Wildman–Crippen LogP) is 2.79. The molecule has 0 bridgehead atoms. The molecule has 0 amide bonds. The van der Waals surface area contributed by atoms with Gasteiger partial charge in [-0.2, -0.15) is 0 Å². The van der Waals surface area contributed by atoms with E-state index in [0.29, 0.717) is 17.9 Å². The van der Waals surface area contributed by atoms with Crippen molar-refractivity contribution in [1.82, 2.24) is 0 Å². The zero-order valence-electron chi connectivity index (χ0n) is 9.46. The van der Waals surface area contributed by atoms with Gasteiger partial charge in [0.1, 0.15) is 0 Å². The predicted molar refractivity (Wildman–Crippen MR) is 63.3 cm³/mol. The lowest BCUT2D eigenvalue weighted by atomic mass is 10.1. The Hall–Kier alpha value is -1.22. The van der Waals surface area contributed by atoms with Crippen molar-refractivity contribution in [3.8, 4) is 11.5 Å². The van der Waals surface area contributed by atoms with Gasteiger partial charge in [0, 0.05) is 6.42 Å². The van der Waals surface area contributed by atoms with Gasteiger partial charge in [-0.15, -0.1) is 0 Å². The topological polar surface area (TPSA) is 35.5 Å². The molecule has 0 atom stereocenters. The Bertz CT molecular complexity index is 363. The molecular weight excluding hydrogens is 228 g/mol. The molecule has 0 radical (unpaired) electrons. The van der Waals surface area contributed by atoms with E-state index in [-0.39, 0.29) is 5.24 Å². The lowest BCUT2D eigenvalue weighted by Gasteiger charge is -2.09. The molecule has 1 rings (SSSR count). The van der Waals surface area contributed by atoms with Gasteiger partial charge in [0.15, 0.2) is 11.5 Å². The Labute approximate surface area is 100 Å². The van der Waals surface area contributed by atoms with Gasteiger partial charge < -0.3 is 9.47 Å². The molecule has 1 aromatic carbocycles. The minimum Gasteiger partial charge on any atom is -0.493 e. The summed E-state index contributed by atoms with van der Waals surface area (Å²) in [7, 11) is 3.20. The van der Waals surface area contributed by atoms with Crippen LogP contribution in [0.1, 0.15) is 18.4 Å². The fourth-order valence-electron chi connectivity index (χ4n) is 1.47. The van der Waals surface area contributed by atoms with E-state index in [1.807, 2.05) is 18.2 Å². The maximum atomic E-state index is 10.6. The molecule has 0 aromatic heterocycles. The smallest absolute Gasteiger partial charge is 0.221 e. The molecule has 0 fully saturated rings. The van der Waals surface area contributed by atoms with Crippen LogP contribution in [0.2, 0.25) is 0 Å². The lowest BCUT2D eigenvalue weighted by Crippen LogP contribution is -1.94. The third-order valence-corrected chi connectivity index (χ3v) is 2.48. The molecule has 0 N–H and O–H groups in total. The van der Waals surface area contributed by atoms with Crippen LogP contribution in [0.15, 0.2) is 18.2 Å². The van der Waals surface area contributed by atoms with Crippen molar-refractivity contribution >= 4 is 16.8 Å². The van der Waals surface area contributed by atoms with Gasteiger partial charge in [-0.25, -0.2) is 0 Å². The number of halogens is 1. The number of benzene rings is 1. The van der Waals surface area contributed by atoms with Crippen LogP contribution < -0.4 is 9.47 Å². The number of rotatable bonds is 6. The van der Waals surface area contributed by atoms with Crippen LogP contribution >= 0.6 is 11.6 Å². The molecular formula is C12H15ClO3. The number of aryl methyl sites for hydroxylation is 1. The van der Waals surface area contributed by atoms with Crippen LogP contribution in [-0.4, -0.2) is 19.5 Å². The molecule has 88 valence electrons. The Morgan fingerprint density at radius 2 is 1.94 bits per heavy atom. The fraction of sp³-hybridized carbons (Fsp3) is 0.417. The molecule has 0 aliphatic heterocycles. The highest BCUT2D eigenvalue weighted by molar-refractivity contribution is 6.63. The Kier molecular flexibility index (Phi) is 5.12. The van der Waals surface area contributed by atoms with Gasteiger partial charge in [0.2, 0.25) is 5.24 Å². The normalized spacial score (nSPS) is 9.94. The highest BCUT2D eigenvalue weighted by Gasteiger charge is 2.04. The standard InChI is InChI=1S/C12H15ClO3/c1-15-10-7-6-9(8-11(10)16-2)4-3-5-12(13)14/h6-8H,3-5H2,1-2H3. The molecule has 0 spiro atoms. The first-order valence-corrected chi connectivity index (χ1v) is 5.44. The zero-order chi connectivity index (χ0) is 12.0. The van der Waals surface area contributed by atoms with Crippen molar-refractivity contribution in [3.05, 3.63) is 23.8 Å². The quantitative estimate of drug-likeness (QED) is 0.720. The molecule has 0 saturated heterocycles. The number of methoxy groups -OCH3 is 2. The summed E-state index contributed by atoms with van der Waals surface area (Å²) in [6.07, 6.45) is 1.95. The van der Waals surface area contributed by atoms with E-state index in [1.54, 1.807) is 14.2 Å². The second kappa shape index (κ2) is 6.38. The number of carbonyl (C=O) groups excluding carboxylic acids is 1. The summed E-state index contributed by atoms with van der Waals surface area (Å²) in [5.74, 6) is 1.41. The van der Waals surface area contributed by atoms with E-state index in [1.165, 1.54) is 0 Å². The van der Waals surface area contributed by atoms with Crippen molar-refractivity contribution < 1.29 is 14.3 Å².